The lowest BCUT2D eigenvalue weighted by molar-refractivity contribution is -0.135. The molecule has 0 aliphatic carbocycles. The van der Waals surface area contributed by atoms with Gasteiger partial charge >= 0.3 is 6.03 Å². The quantitative estimate of drug-likeness (QED) is 0.453. The largest absolute Gasteiger partial charge is 0.342 e. The minimum Gasteiger partial charge on any atom is -0.342 e. The van der Waals surface area contributed by atoms with Gasteiger partial charge in [0.05, 0.1) is 0 Å². The Morgan fingerprint density at radius 1 is 1.26 bits per heavy atom. The second-order valence-corrected chi connectivity index (χ2v) is 5.81. The van der Waals surface area contributed by atoms with E-state index in [2.05, 4.69) is 26.6 Å². The number of alkyl halides is 1. The number of hydrogen-bond acceptors (Lipinski definition) is 3. The van der Waals surface area contributed by atoms with Gasteiger partial charge in [-0.3, -0.25) is 14.9 Å². The van der Waals surface area contributed by atoms with Crippen molar-refractivity contribution in [3.63, 3.8) is 0 Å². The lowest BCUT2D eigenvalue weighted by atomic mass is 9.87. The number of unbranched alkanes of at least 4 members (excludes halogenated alkanes) is 1. The van der Waals surface area contributed by atoms with E-state index in [-0.39, 0.29) is 11.8 Å². The van der Waals surface area contributed by atoms with Gasteiger partial charge in [0.2, 0.25) is 5.91 Å². The van der Waals surface area contributed by atoms with Crippen LogP contribution in [0.4, 0.5) is 4.79 Å². The molecule has 2 N–H and O–H groups in total. The summed E-state index contributed by atoms with van der Waals surface area (Å²) in [5, 5.41) is 5.86. The highest BCUT2D eigenvalue weighted by molar-refractivity contribution is 9.09. The number of halogens is 1. The predicted octanol–water partition coefficient (Wildman–Crippen LogP) is 0.752. The Balaban J connectivity index is 1.84. The summed E-state index contributed by atoms with van der Waals surface area (Å²) >= 11 is 3.34. The highest BCUT2D eigenvalue weighted by atomic mass is 79.9. The van der Waals surface area contributed by atoms with E-state index in [9.17, 15) is 14.4 Å². The Morgan fingerprint density at radius 2 is 1.95 bits per heavy atom. The van der Waals surface area contributed by atoms with Gasteiger partial charge in [0, 0.05) is 24.8 Å². The van der Waals surface area contributed by atoms with E-state index >= 15 is 0 Å². The Kier molecular flexibility index (Phi) is 4.44. The van der Waals surface area contributed by atoms with E-state index in [1.54, 1.807) is 4.90 Å². The lowest BCUT2D eigenvalue weighted by Gasteiger charge is -2.37. The molecule has 2 aliphatic heterocycles. The first-order valence-electron chi connectivity index (χ1n) is 6.55. The monoisotopic (exact) mass is 331 g/mol. The van der Waals surface area contributed by atoms with Gasteiger partial charge in [-0.15, -0.1) is 0 Å². The summed E-state index contributed by atoms with van der Waals surface area (Å²) in [6, 6.07) is -0.429. The van der Waals surface area contributed by atoms with Crippen molar-refractivity contribution in [1.82, 2.24) is 15.5 Å². The SMILES string of the molecule is O=C1NC(=O)C2(CCN(C(=O)CCCCBr)CC2)N1. The minimum atomic E-state index is -0.788. The maximum atomic E-state index is 11.9. The number of nitrogens with zero attached hydrogens (tertiary/aromatic N) is 1. The van der Waals surface area contributed by atoms with E-state index in [1.165, 1.54) is 0 Å². The first-order chi connectivity index (χ1) is 9.07. The van der Waals surface area contributed by atoms with Crippen molar-refractivity contribution in [2.75, 3.05) is 18.4 Å². The normalized spacial score (nSPS) is 21.4. The van der Waals surface area contributed by atoms with Crippen molar-refractivity contribution >= 4 is 33.8 Å². The molecule has 2 fully saturated rings. The Bertz CT molecular complexity index is 392. The molecule has 4 amide bonds. The molecule has 2 saturated heterocycles. The number of carbonyl (C=O) groups excluding carboxylic acids is 3. The number of imide groups is 1. The number of piperidine rings is 1. The smallest absolute Gasteiger partial charge is 0.322 e. The van der Waals surface area contributed by atoms with Gasteiger partial charge in [0.15, 0.2) is 0 Å². The molecule has 0 saturated carbocycles. The molecule has 0 bridgehead atoms. The molecule has 0 aromatic carbocycles. The highest BCUT2D eigenvalue weighted by Gasteiger charge is 2.48. The van der Waals surface area contributed by atoms with Crippen molar-refractivity contribution in [3.8, 4) is 0 Å². The first kappa shape index (κ1) is 14.3. The fraction of sp³-hybridized carbons (Fsp3) is 0.750. The summed E-state index contributed by atoms with van der Waals surface area (Å²) < 4.78 is 0. The number of amides is 4. The zero-order valence-corrected chi connectivity index (χ0v) is 12.3. The lowest BCUT2D eigenvalue weighted by Crippen LogP contribution is -2.55. The molecule has 1 spiro atoms. The number of rotatable bonds is 4. The van der Waals surface area contributed by atoms with Crippen LogP contribution in [0.1, 0.15) is 32.1 Å². The van der Waals surface area contributed by atoms with E-state index in [1.807, 2.05) is 0 Å². The topological polar surface area (TPSA) is 78.5 Å². The molecule has 2 heterocycles. The zero-order chi connectivity index (χ0) is 13.9. The molecule has 7 heteroatoms. The van der Waals surface area contributed by atoms with Crippen LogP contribution in [0.15, 0.2) is 0 Å². The van der Waals surface area contributed by atoms with Crippen LogP contribution in [0.2, 0.25) is 0 Å². The van der Waals surface area contributed by atoms with Crippen LogP contribution in [0, 0.1) is 0 Å². The third-order valence-corrected chi connectivity index (χ3v) is 4.32. The van der Waals surface area contributed by atoms with Gasteiger partial charge < -0.3 is 10.2 Å². The van der Waals surface area contributed by atoms with Crippen molar-refractivity contribution in [3.05, 3.63) is 0 Å². The zero-order valence-electron chi connectivity index (χ0n) is 10.7. The molecule has 6 nitrogen and oxygen atoms in total. The van der Waals surface area contributed by atoms with Crippen LogP contribution in [0.25, 0.3) is 0 Å². The van der Waals surface area contributed by atoms with Gasteiger partial charge in [-0.1, -0.05) is 15.9 Å². The Hall–Kier alpha value is -1.11. The van der Waals surface area contributed by atoms with Gasteiger partial charge in [-0.25, -0.2) is 4.79 Å². The summed E-state index contributed by atoms with van der Waals surface area (Å²) in [7, 11) is 0. The highest BCUT2D eigenvalue weighted by Crippen LogP contribution is 2.25. The van der Waals surface area contributed by atoms with E-state index in [4.69, 9.17) is 0 Å². The van der Waals surface area contributed by atoms with Crippen LogP contribution in [-0.4, -0.2) is 46.7 Å². The molecule has 19 heavy (non-hydrogen) atoms. The second-order valence-electron chi connectivity index (χ2n) is 5.02. The van der Waals surface area contributed by atoms with Gasteiger partial charge in [-0.05, 0) is 25.7 Å². The summed E-state index contributed by atoms with van der Waals surface area (Å²) in [5.41, 5.74) is -0.788. The first-order valence-corrected chi connectivity index (χ1v) is 7.67. The Labute approximate surface area is 120 Å². The molecule has 2 aliphatic rings. The van der Waals surface area contributed by atoms with Gasteiger partial charge in [0.1, 0.15) is 5.54 Å². The van der Waals surface area contributed by atoms with Crippen molar-refractivity contribution in [2.45, 2.75) is 37.6 Å². The average Bonchev–Trinajstić information content (AvgIpc) is 2.65. The van der Waals surface area contributed by atoms with Crippen molar-refractivity contribution in [1.29, 1.82) is 0 Å². The second kappa shape index (κ2) is 5.90. The predicted molar refractivity (Wildman–Crippen MR) is 72.9 cm³/mol. The van der Waals surface area contributed by atoms with E-state index < -0.39 is 11.6 Å². The third-order valence-electron chi connectivity index (χ3n) is 3.76. The fourth-order valence-corrected chi connectivity index (χ4v) is 2.94. The maximum Gasteiger partial charge on any atom is 0.322 e. The van der Waals surface area contributed by atoms with Crippen LogP contribution < -0.4 is 10.6 Å². The van der Waals surface area contributed by atoms with Gasteiger partial charge in [-0.2, -0.15) is 0 Å². The molecular formula is C12H18BrN3O3. The van der Waals surface area contributed by atoms with Crippen molar-refractivity contribution in [2.24, 2.45) is 0 Å². The molecule has 0 aromatic rings. The average molecular weight is 332 g/mol. The van der Waals surface area contributed by atoms with Crippen LogP contribution >= 0.6 is 15.9 Å². The molecule has 0 radical (unpaired) electrons. The number of urea groups is 1. The summed E-state index contributed by atoms with van der Waals surface area (Å²) in [4.78, 5) is 36.7. The molecular weight excluding hydrogens is 314 g/mol. The minimum absolute atomic E-state index is 0.139. The summed E-state index contributed by atoms with van der Waals surface area (Å²) in [6.45, 7) is 1.06. The molecule has 0 aromatic heterocycles. The van der Waals surface area contributed by atoms with E-state index in [0.717, 1.165) is 18.2 Å². The molecule has 0 unspecified atom stereocenters. The fourth-order valence-electron chi connectivity index (χ4n) is 2.55. The van der Waals surface area contributed by atoms with Crippen LogP contribution in [0.3, 0.4) is 0 Å². The van der Waals surface area contributed by atoms with Gasteiger partial charge in [0.25, 0.3) is 5.91 Å². The number of nitrogens with one attached hydrogen (secondary N) is 2. The van der Waals surface area contributed by atoms with E-state index in [0.29, 0.717) is 32.4 Å². The van der Waals surface area contributed by atoms with Crippen molar-refractivity contribution < 1.29 is 14.4 Å². The molecule has 0 atom stereocenters. The Morgan fingerprint density at radius 3 is 2.47 bits per heavy atom. The maximum absolute atomic E-state index is 11.9. The third kappa shape index (κ3) is 3.08. The number of likely N-dealkylation sites (tertiary alicyclic amines) is 1. The number of carbonyl (C=O) groups is 3. The summed E-state index contributed by atoms with van der Waals surface area (Å²) in [5.74, 6) is -0.121. The standard InChI is InChI=1S/C12H18BrN3O3/c13-6-2-1-3-9(17)16-7-4-12(5-8-16)10(18)14-11(19)15-12/h1-8H2,(H2,14,15,18,19). The van der Waals surface area contributed by atoms with Crippen LogP contribution in [-0.2, 0) is 9.59 Å². The molecule has 106 valence electrons. The number of hydrogen-bond donors (Lipinski definition) is 2. The summed E-state index contributed by atoms with van der Waals surface area (Å²) in [6.07, 6.45) is 3.41. The molecule has 2 rings (SSSR count). The van der Waals surface area contributed by atoms with Crippen LogP contribution in [0.5, 0.6) is 0 Å².